The van der Waals surface area contributed by atoms with Crippen LogP contribution in [-0.2, 0) is 12.0 Å². The Morgan fingerprint density at radius 1 is 1.03 bits per heavy atom. The summed E-state index contributed by atoms with van der Waals surface area (Å²) < 4.78 is 6.00. The Labute approximate surface area is 221 Å². The summed E-state index contributed by atoms with van der Waals surface area (Å²) in [6.45, 7) is 12.0. The van der Waals surface area contributed by atoms with E-state index >= 15 is 0 Å². The lowest BCUT2D eigenvalue weighted by Crippen LogP contribution is -2.45. The molecule has 1 aliphatic carbocycles. The van der Waals surface area contributed by atoms with Crippen LogP contribution in [0.1, 0.15) is 57.8 Å². The molecular weight excluding hydrogens is 466 g/mol. The van der Waals surface area contributed by atoms with E-state index in [1.807, 2.05) is 38.1 Å². The number of likely N-dealkylation sites (N-methyl/N-ethyl adjacent to an activating group) is 1. The van der Waals surface area contributed by atoms with Crippen molar-refractivity contribution in [1.29, 1.82) is 0 Å². The van der Waals surface area contributed by atoms with E-state index in [0.29, 0.717) is 12.4 Å². The van der Waals surface area contributed by atoms with E-state index in [0.717, 1.165) is 93.5 Å². The van der Waals surface area contributed by atoms with Crippen molar-refractivity contribution in [2.24, 2.45) is 5.73 Å². The number of nitrogens with zero attached hydrogens (tertiary/aromatic N) is 4. The Balaban J connectivity index is 1.43. The third kappa shape index (κ3) is 7.77. The molecule has 37 heavy (non-hydrogen) atoms. The smallest absolute Gasteiger partial charge is 0.156 e. The van der Waals surface area contributed by atoms with E-state index in [9.17, 15) is 5.11 Å². The van der Waals surface area contributed by atoms with E-state index < -0.39 is 5.54 Å². The van der Waals surface area contributed by atoms with E-state index in [1.165, 1.54) is 0 Å². The van der Waals surface area contributed by atoms with Gasteiger partial charge in [-0.3, -0.25) is 4.90 Å². The van der Waals surface area contributed by atoms with E-state index in [4.69, 9.17) is 20.4 Å². The Bertz CT molecular complexity index is 993. The van der Waals surface area contributed by atoms with Crippen LogP contribution in [0.5, 0.6) is 5.75 Å². The summed E-state index contributed by atoms with van der Waals surface area (Å²) in [6, 6.07) is 8.27. The molecule has 2 aromatic rings. The molecule has 0 bridgehead atoms. The molecule has 2 heterocycles. The number of aromatic nitrogens is 2. The second-order valence-corrected chi connectivity index (χ2v) is 11.1. The number of aliphatic hydroxyl groups is 1. The largest absolute Gasteiger partial charge is 0.492 e. The lowest BCUT2D eigenvalue weighted by Gasteiger charge is -2.32. The molecule has 4 rings (SSSR count). The highest BCUT2D eigenvalue weighted by molar-refractivity contribution is 5.63. The Morgan fingerprint density at radius 3 is 2.32 bits per heavy atom. The normalized spacial score (nSPS) is 21.6. The van der Waals surface area contributed by atoms with Crippen molar-refractivity contribution in [2.75, 3.05) is 57.0 Å². The molecule has 0 atom stereocenters. The Morgan fingerprint density at radius 2 is 1.70 bits per heavy atom. The number of ether oxygens (including phenoxy) is 1. The van der Waals surface area contributed by atoms with Crippen LogP contribution in [0.25, 0.3) is 0 Å². The lowest BCUT2D eigenvalue weighted by molar-refractivity contribution is 0.126. The number of aliphatic hydroxyl groups excluding tert-OH is 1. The molecule has 0 radical (unpaired) electrons. The maximum absolute atomic E-state index is 9.87. The molecule has 2 fully saturated rings. The van der Waals surface area contributed by atoms with Gasteiger partial charge in [-0.15, -0.1) is 0 Å². The van der Waals surface area contributed by atoms with E-state index in [-0.39, 0.29) is 12.1 Å². The molecule has 2 aliphatic rings. The number of nitrogens with two attached hydrogens (primary N) is 1. The zero-order valence-corrected chi connectivity index (χ0v) is 23.0. The average Bonchev–Trinajstić information content (AvgIpc) is 2.87. The van der Waals surface area contributed by atoms with Gasteiger partial charge in [0.15, 0.2) is 5.82 Å². The third-order valence-corrected chi connectivity index (χ3v) is 7.34. The van der Waals surface area contributed by atoms with Gasteiger partial charge in [0.05, 0.1) is 17.3 Å². The maximum Gasteiger partial charge on any atom is 0.156 e. The van der Waals surface area contributed by atoms with Crippen LogP contribution in [0, 0.1) is 0 Å². The van der Waals surface area contributed by atoms with Gasteiger partial charge in [0, 0.05) is 44.5 Å². The number of anilines is 3. The van der Waals surface area contributed by atoms with Gasteiger partial charge in [-0.1, -0.05) is 6.92 Å². The standard InChI is InChI=1S/C28H45N7O2/c1-5-24-26(30-20-6-10-22(36)11-7-20)33-27(25(32-24)28(2,3)29)31-21-8-12-23(13-9-21)37-19-18-35-16-14-34(4)15-17-35/h8-9,12-13,20,22,36H,5-7,10-11,14-19,29H2,1-4H3,(H2,30,31,33). The highest BCUT2D eigenvalue weighted by Gasteiger charge is 2.26. The molecular formula is C28H45N7O2. The lowest BCUT2D eigenvalue weighted by atomic mass is 9.93. The minimum Gasteiger partial charge on any atom is -0.492 e. The van der Waals surface area contributed by atoms with Gasteiger partial charge in [0.25, 0.3) is 0 Å². The molecule has 0 spiro atoms. The summed E-state index contributed by atoms with van der Waals surface area (Å²) in [4.78, 5) is 14.7. The fourth-order valence-corrected chi connectivity index (χ4v) is 4.92. The molecule has 9 nitrogen and oxygen atoms in total. The molecule has 0 unspecified atom stereocenters. The number of benzene rings is 1. The zero-order chi connectivity index (χ0) is 26.4. The SMILES string of the molecule is CCc1nc(C(C)(C)N)c(Nc2ccc(OCCN3CCN(C)CC3)cc2)nc1NC1CCC(O)CC1. The van der Waals surface area contributed by atoms with E-state index in [2.05, 4.69) is 34.4 Å². The molecule has 1 aromatic carbocycles. The number of aryl methyl sites for hydroxylation is 1. The number of hydrogen-bond acceptors (Lipinski definition) is 9. The zero-order valence-electron chi connectivity index (χ0n) is 23.0. The monoisotopic (exact) mass is 511 g/mol. The van der Waals surface area contributed by atoms with Gasteiger partial charge in [0.2, 0.25) is 0 Å². The van der Waals surface area contributed by atoms with Crippen molar-refractivity contribution >= 4 is 17.3 Å². The predicted molar refractivity (Wildman–Crippen MR) is 150 cm³/mol. The van der Waals surface area contributed by atoms with Gasteiger partial charge in [0.1, 0.15) is 23.9 Å². The first kappa shape index (κ1) is 27.6. The van der Waals surface area contributed by atoms with Crippen LogP contribution >= 0.6 is 0 Å². The molecule has 1 aliphatic heterocycles. The molecule has 0 amide bonds. The van der Waals surface area contributed by atoms with Crippen LogP contribution in [0.2, 0.25) is 0 Å². The fourth-order valence-electron chi connectivity index (χ4n) is 4.92. The number of hydrogen-bond donors (Lipinski definition) is 4. The van der Waals surface area contributed by atoms with Gasteiger partial charge in [-0.2, -0.15) is 0 Å². The molecule has 1 saturated carbocycles. The number of rotatable bonds is 10. The summed E-state index contributed by atoms with van der Waals surface area (Å²) >= 11 is 0. The first-order valence-electron chi connectivity index (χ1n) is 13.8. The van der Waals surface area contributed by atoms with Gasteiger partial charge >= 0.3 is 0 Å². The highest BCUT2D eigenvalue weighted by atomic mass is 16.5. The van der Waals surface area contributed by atoms with Crippen molar-refractivity contribution in [3.05, 3.63) is 35.7 Å². The van der Waals surface area contributed by atoms with Crippen molar-refractivity contribution in [3.63, 3.8) is 0 Å². The molecule has 1 saturated heterocycles. The predicted octanol–water partition coefficient (Wildman–Crippen LogP) is 3.32. The third-order valence-electron chi connectivity index (χ3n) is 7.34. The molecule has 9 heteroatoms. The fraction of sp³-hybridized carbons (Fsp3) is 0.643. The van der Waals surface area contributed by atoms with Crippen molar-refractivity contribution in [2.45, 2.75) is 70.6 Å². The molecule has 1 aromatic heterocycles. The van der Waals surface area contributed by atoms with Crippen molar-refractivity contribution in [3.8, 4) is 5.75 Å². The van der Waals surface area contributed by atoms with Crippen LogP contribution in [0.4, 0.5) is 17.3 Å². The van der Waals surface area contributed by atoms with Crippen LogP contribution in [-0.4, -0.2) is 83.4 Å². The minimum absolute atomic E-state index is 0.189. The summed E-state index contributed by atoms with van der Waals surface area (Å²) in [6.07, 6.45) is 4.05. The van der Waals surface area contributed by atoms with Gasteiger partial charge in [-0.05, 0) is 77.3 Å². The molecule has 204 valence electrons. The minimum atomic E-state index is -0.654. The first-order valence-corrected chi connectivity index (χ1v) is 13.8. The Kier molecular flexibility index (Phi) is 9.23. The summed E-state index contributed by atoms with van der Waals surface area (Å²) in [5.41, 5.74) is 8.42. The molecule has 5 N–H and O–H groups in total. The van der Waals surface area contributed by atoms with Crippen molar-refractivity contribution in [1.82, 2.24) is 19.8 Å². The summed E-state index contributed by atoms with van der Waals surface area (Å²) in [5.74, 6) is 2.31. The quantitative estimate of drug-likeness (QED) is 0.382. The second-order valence-electron chi connectivity index (χ2n) is 11.1. The number of piperazine rings is 1. The van der Waals surface area contributed by atoms with Gasteiger partial charge < -0.3 is 31.1 Å². The Hall–Kier alpha value is -2.46. The second kappa shape index (κ2) is 12.4. The summed E-state index contributed by atoms with van der Waals surface area (Å²) in [5, 5.41) is 16.9. The van der Waals surface area contributed by atoms with Crippen LogP contribution in [0.3, 0.4) is 0 Å². The topological polar surface area (TPSA) is 112 Å². The van der Waals surface area contributed by atoms with E-state index in [1.54, 1.807) is 0 Å². The van der Waals surface area contributed by atoms with Crippen LogP contribution in [0.15, 0.2) is 24.3 Å². The van der Waals surface area contributed by atoms with Crippen molar-refractivity contribution < 1.29 is 9.84 Å². The first-order chi connectivity index (χ1) is 17.7. The highest BCUT2D eigenvalue weighted by Crippen LogP contribution is 2.31. The summed E-state index contributed by atoms with van der Waals surface area (Å²) in [7, 11) is 2.17. The van der Waals surface area contributed by atoms with Crippen LogP contribution < -0.4 is 21.1 Å². The van der Waals surface area contributed by atoms with Gasteiger partial charge in [-0.25, -0.2) is 9.97 Å². The maximum atomic E-state index is 9.87. The number of nitrogens with one attached hydrogen (secondary N) is 2. The average molecular weight is 512 g/mol.